The van der Waals surface area contributed by atoms with Gasteiger partial charge in [0.25, 0.3) is 5.91 Å². The van der Waals surface area contributed by atoms with Crippen molar-refractivity contribution in [1.29, 1.82) is 0 Å². The third-order valence-electron chi connectivity index (χ3n) is 3.32. The van der Waals surface area contributed by atoms with Crippen LogP contribution in [0.25, 0.3) is 0 Å². The van der Waals surface area contributed by atoms with Crippen LogP contribution in [0.15, 0.2) is 5.38 Å². The number of nitrogens with two attached hydrogens (primary N) is 2. The van der Waals surface area contributed by atoms with E-state index in [0.29, 0.717) is 31.6 Å². The topological polar surface area (TPSA) is 102 Å². The third kappa shape index (κ3) is 3.10. The number of likely N-dealkylation sites (tertiary alicyclic amines) is 1. The van der Waals surface area contributed by atoms with Crippen molar-refractivity contribution in [3.8, 4) is 0 Å². The number of hydrogen-bond acceptors (Lipinski definition) is 5. The van der Waals surface area contributed by atoms with Gasteiger partial charge in [0.05, 0.1) is 6.04 Å². The first-order valence-corrected chi connectivity index (χ1v) is 7.16. The van der Waals surface area contributed by atoms with Gasteiger partial charge >= 0.3 is 0 Å². The number of rotatable bonds is 3. The molecule has 2 heterocycles. The number of piperidine rings is 1. The summed E-state index contributed by atoms with van der Waals surface area (Å²) in [5.41, 5.74) is 11.4. The summed E-state index contributed by atoms with van der Waals surface area (Å²) >= 11 is 1.40. The van der Waals surface area contributed by atoms with E-state index in [0.717, 1.165) is 5.01 Å². The lowest BCUT2D eigenvalue weighted by Gasteiger charge is -2.30. The SMILES string of the molecule is CC(N)c1nc(C(=O)N2CCC(C(N)=O)CC2)cs1. The monoisotopic (exact) mass is 282 g/mol. The molecule has 0 radical (unpaired) electrons. The van der Waals surface area contributed by atoms with Crippen LogP contribution < -0.4 is 11.5 Å². The van der Waals surface area contributed by atoms with E-state index in [4.69, 9.17) is 11.5 Å². The van der Waals surface area contributed by atoms with Crippen LogP contribution in [-0.4, -0.2) is 34.8 Å². The standard InChI is InChI=1S/C12H18N4O2S/c1-7(13)11-15-9(6-19-11)12(18)16-4-2-8(3-5-16)10(14)17/h6-8H,2-5,13H2,1H3,(H2,14,17). The number of primary amides is 1. The van der Waals surface area contributed by atoms with E-state index in [1.54, 1.807) is 10.3 Å². The minimum absolute atomic E-state index is 0.0916. The fourth-order valence-electron chi connectivity index (χ4n) is 2.12. The maximum atomic E-state index is 12.2. The number of nitrogens with zero attached hydrogens (tertiary/aromatic N) is 2. The zero-order valence-electron chi connectivity index (χ0n) is 10.8. The highest BCUT2D eigenvalue weighted by Crippen LogP contribution is 2.21. The molecule has 6 nitrogen and oxygen atoms in total. The molecule has 1 aromatic rings. The lowest BCUT2D eigenvalue weighted by molar-refractivity contribution is -0.123. The summed E-state index contributed by atoms with van der Waals surface area (Å²) in [6.45, 7) is 2.94. The number of carbonyl (C=O) groups is 2. The first-order valence-electron chi connectivity index (χ1n) is 6.28. The van der Waals surface area contributed by atoms with Crippen molar-refractivity contribution in [2.45, 2.75) is 25.8 Å². The van der Waals surface area contributed by atoms with Crippen LogP contribution in [0, 0.1) is 5.92 Å². The van der Waals surface area contributed by atoms with Crippen molar-refractivity contribution in [2.75, 3.05) is 13.1 Å². The smallest absolute Gasteiger partial charge is 0.273 e. The van der Waals surface area contributed by atoms with Gasteiger partial charge < -0.3 is 16.4 Å². The quantitative estimate of drug-likeness (QED) is 0.842. The molecule has 0 aromatic carbocycles. The molecule has 1 unspecified atom stereocenters. The third-order valence-corrected chi connectivity index (χ3v) is 4.36. The maximum Gasteiger partial charge on any atom is 0.273 e. The van der Waals surface area contributed by atoms with Crippen molar-refractivity contribution in [3.05, 3.63) is 16.1 Å². The highest BCUT2D eigenvalue weighted by atomic mass is 32.1. The minimum atomic E-state index is -0.278. The predicted molar refractivity (Wildman–Crippen MR) is 72.5 cm³/mol. The Hall–Kier alpha value is -1.47. The Bertz CT molecular complexity index is 478. The molecule has 1 aromatic heterocycles. The fraction of sp³-hybridized carbons (Fsp3) is 0.583. The number of carbonyl (C=O) groups excluding carboxylic acids is 2. The van der Waals surface area contributed by atoms with Gasteiger partial charge in [-0.3, -0.25) is 9.59 Å². The Balaban J connectivity index is 1.99. The van der Waals surface area contributed by atoms with Gasteiger partial charge in [-0.25, -0.2) is 4.98 Å². The van der Waals surface area contributed by atoms with E-state index in [-0.39, 0.29) is 23.8 Å². The summed E-state index contributed by atoms with van der Waals surface area (Å²) in [5.74, 6) is -0.481. The van der Waals surface area contributed by atoms with Gasteiger partial charge in [0.2, 0.25) is 5.91 Å². The minimum Gasteiger partial charge on any atom is -0.369 e. The molecule has 7 heteroatoms. The van der Waals surface area contributed by atoms with E-state index in [1.165, 1.54) is 11.3 Å². The summed E-state index contributed by atoms with van der Waals surface area (Å²) in [6, 6.07) is -0.160. The lowest BCUT2D eigenvalue weighted by Crippen LogP contribution is -2.41. The van der Waals surface area contributed by atoms with Gasteiger partial charge in [-0.1, -0.05) is 0 Å². The van der Waals surface area contributed by atoms with Crippen LogP contribution in [0.2, 0.25) is 0 Å². The molecule has 1 aliphatic heterocycles. The molecule has 0 aliphatic carbocycles. The molecule has 0 saturated carbocycles. The average Bonchev–Trinajstić information content (AvgIpc) is 2.87. The Labute approximate surface area is 115 Å². The van der Waals surface area contributed by atoms with Gasteiger partial charge in [0, 0.05) is 24.4 Å². The Morgan fingerprint density at radius 3 is 2.58 bits per heavy atom. The molecule has 0 spiro atoms. The van der Waals surface area contributed by atoms with Crippen LogP contribution in [0.5, 0.6) is 0 Å². The lowest BCUT2D eigenvalue weighted by atomic mass is 9.96. The summed E-state index contributed by atoms with van der Waals surface area (Å²) < 4.78 is 0. The molecule has 19 heavy (non-hydrogen) atoms. The highest BCUT2D eigenvalue weighted by Gasteiger charge is 2.27. The molecule has 1 aliphatic rings. The Morgan fingerprint density at radius 2 is 2.11 bits per heavy atom. The largest absolute Gasteiger partial charge is 0.369 e. The van der Waals surface area contributed by atoms with E-state index in [2.05, 4.69) is 4.98 Å². The molecule has 1 saturated heterocycles. The molecule has 0 bridgehead atoms. The number of aromatic nitrogens is 1. The van der Waals surface area contributed by atoms with Crippen molar-refractivity contribution in [3.63, 3.8) is 0 Å². The normalized spacial score (nSPS) is 18.3. The highest BCUT2D eigenvalue weighted by molar-refractivity contribution is 7.09. The number of amides is 2. The van der Waals surface area contributed by atoms with Gasteiger partial charge in [0.1, 0.15) is 10.7 Å². The molecular weight excluding hydrogens is 264 g/mol. The fourth-order valence-corrected chi connectivity index (χ4v) is 2.88. The van der Waals surface area contributed by atoms with Crippen LogP contribution in [-0.2, 0) is 4.79 Å². The van der Waals surface area contributed by atoms with Gasteiger partial charge in [-0.05, 0) is 19.8 Å². The first-order chi connectivity index (χ1) is 8.99. The summed E-state index contributed by atoms with van der Waals surface area (Å²) in [5, 5.41) is 2.50. The van der Waals surface area contributed by atoms with E-state index in [1.807, 2.05) is 6.92 Å². The van der Waals surface area contributed by atoms with Crippen molar-refractivity contribution in [2.24, 2.45) is 17.4 Å². The molecular formula is C12H18N4O2S. The van der Waals surface area contributed by atoms with Crippen molar-refractivity contribution < 1.29 is 9.59 Å². The second-order valence-corrected chi connectivity index (χ2v) is 5.72. The number of hydrogen-bond donors (Lipinski definition) is 2. The predicted octanol–water partition coefficient (Wildman–Crippen LogP) is 0.500. The maximum absolute atomic E-state index is 12.2. The second kappa shape index (κ2) is 5.66. The zero-order valence-corrected chi connectivity index (χ0v) is 11.7. The second-order valence-electron chi connectivity index (χ2n) is 4.83. The summed E-state index contributed by atoms with van der Waals surface area (Å²) in [4.78, 5) is 29.3. The van der Waals surface area contributed by atoms with Crippen LogP contribution in [0.4, 0.5) is 0 Å². The van der Waals surface area contributed by atoms with Crippen LogP contribution in [0.1, 0.15) is 41.3 Å². The van der Waals surface area contributed by atoms with E-state index >= 15 is 0 Å². The van der Waals surface area contributed by atoms with Crippen LogP contribution >= 0.6 is 11.3 Å². The molecule has 4 N–H and O–H groups in total. The molecule has 1 fully saturated rings. The van der Waals surface area contributed by atoms with E-state index < -0.39 is 0 Å². The van der Waals surface area contributed by atoms with Crippen molar-refractivity contribution >= 4 is 23.2 Å². The van der Waals surface area contributed by atoms with Gasteiger partial charge in [-0.15, -0.1) is 11.3 Å². The molecule has 1 atom stereocenters. The Morgan fingerprint density at radius 1 is 1.47 bits per heavy atom. The van der Waals surface area contributed by atoms with Crippen molar-refractivity contribution in [1.82, 2.24) is 9.88 Å². The van der Waals surface area contributed by atoms with Crippen LogP contribution in [0.3, 0.4) is 0 Å². The molecule has 104 valence electrons. The summed E-state index contributed by atoms with van der Waals surface area (Å²) in [6.07, 6.45) is 1.26. The Kier molecular flexibility index (Phi) is 4.16. The number of thiazole rings is 1. The van der Waals surface area contributed by atoms with Gasteiger partial charge in [-0.2, -0.15) is 0 Å². The molecule has 2 rings (SSSR count). The molecule has 2 amide bonds. The van der Waals surface area contributed by atoms with E-state index in [9.17, 15) is 9.59 Å². The average molecular weight is 282 g/mol. The zero-order chi connectivity index (χ0) is 14.0. The first kappa shape index (κ1) is 14.0. The summed E-state index contributed by atoms with van der Waals surface area (Å²) in [7, 11) is 0. The van der Waals surface area contributed by atoms with Gasteiger partial charge in [0.15, 0.2) is 0 Å².